The molecule has 6 heteroatoms. The van der Waals surface area contributed by atoms with Gasteiger partial charge >= 0.3 is 0 Å². The fourth-order valence-electron chi connectivity index (χ4n) is 1.98. The first-order chi connectivity index (χ1) is 10.3. The first-order valence-electron chi connectivity index (χ1n) is 6.74. The van der Waals surface area contributed by atoms with Gasteiger partial charge < -0.3 is 24.5 Å². The topological polar surface area (TPSA) is 68.4 Å². The Morgan fingerprint density at radius 1 is 1.14 bits per heavy atom. The summed E-state index contributed by atoms with van der Waals surface area (Å²) in [5, 5.41) is 3.27. The maximum Gasteiger partial charge on any atom is 0.161 e. The lowest BCUT2D eigenvalue weighted by Gasteiger charge is -2.08. The first-order valence-corrected chi connectivity index (χ1v) is 6.74. The number of aromatic amines is 1. The summed E-state index contributed by atoms with van der Waals surface area (Å²) in [6.45, 7) is 2.22. The molecule has 0 fully saturated rings. The summed E-state index contributed by atoms with van der Waals surface area (Å²) in [4.78, 5) is 7.68. The molecule has 0 aliphatic carbocycles. The second-order valence-electron chi connectivity index (χ2n) is 4.50. The normalized spacial score (nSPS) is 10.6. The van der Waals surface area contributed by atoms with Crippen LogP contribution in [0.25, 0.3) is 11.4 Å². The van der Waals surface area contributed by atoms with E-state index < -0.39 is 0 Å². The molecule has 0 bridgehead atoms. The van der Waals surface area contributed by atoms with Crippen molar-refractivity contribution in [2.75, 3.05) is 34.5 Å². The molecule has 2 aromatic rings. The van der Waals surface area contributed by atoms with Gasteiger partial charge in [0, 0.05) is 37.7 Å². The number of imidazole rings is 1. The summed E-state index contributed by atoms with van der Waals surface area (Å²) in [7, 11) is 4.93. The van der Waals surface area contributed by atoms with Gasteiger partial charge in [-0.2, -0.15) is 0 Å². The minimum Gasteiger partial charge on any atom is -0.493 e. The van der Waals surface area contributed by atoms with E-state index in [1.54, 1.807) is 21.3 Å². The van der Waals surface area contributed by atoms with Crippen LogP contribution in [0, 0.1) is 0 Å². The van der Waals surface area contributed by atoms with Crippen LogP contribution in [0.4, 0.5) is 0 Å². The molecule has 0 aliphatic heterocycles. The van der Waals surface area contributed by atoms with Gasteiger partial charge in [0.25, 0.3) is 0 Å². The molecule has 0 atom stereocenters. The molecule has 0 aliphatic rings. The fourth-order valence-corrected chi connectivity index (χ4v) is 1.98. The standard InChI is InChI=1S/C15H21N3O3/c1-19-7-6-16-9-12-10-17-15(18-12)11-4-5-13(20-2)14(8-11)21-3/h4-5,8,10,16H,6-7,9H2,1-3H3,(H,17,18). The second kappa shape index (κ2) is 7.66. The third-order valence-electron chi connectivity index (χ3n) is 3.08. The molecule has 21 heavy (non-hydrogen) atoms. The van der Waals surface area contributed by atoms with E-state index in [0.717, 1.165) is 30.2 Å². The van der Waals surface area contributed by atoms with Crippen molar-refractivity contribution in [1.82, 2.24) is 15.3 Å². The Kier molecular flexibility index (Phi) is 5.59. The zero-order chi connectivity index (χ0) is 15.1. The van der Waals surface area contributed by atoms with Gasteiger partial charge in [0.1, 0.15) is 5.82 Å². The summed E-state index contributed by atoms with van der Waals surface area (Å²) in [5.41, 5.74) is 1.98. The van der Waals surface area contributed by atoms with E-state index in [4.69, 9.17) is 14.2 Å². The SMILES string of the molecule is COCCNCc1cnc(-c2ccc(OC)c(OC)c2)[nH]1. The predicted octanol–water partition coefficient (Wildman–Crippen LogP) is 1.83. The predicted molar refractivity (Wildman–Crippen MR) is 80.7 cm³/mol. The smallest absolute Gasteiger partial charge is 0.161 e. The van der Waals surface area contributed by atoms with Crippen molar-refractivity contribution in [2.24, 2.45) is 0 Å². The van der Waals surface area contributed by atoms with E-state index in [2.05, 4.69) is 15.3 Å². The van der Waals surface area contributed by atoms with Crippen LogP contribution in [0.5, 0.6) is 11.5 Å². The molecule has 6 nitrogen and oxygen atoms in total. The van der Waals surface area contributed by atoms with E-state index in [1.165, 1.54) is 0 Å². The van der Waals surface area contributed by atoms with E-state index in [-0.39, 0.29) is 0 Å². The van der Waals surface area contributed by atoms with E-state index in [1.807, 2.05) is 24.4 Å². The lowest BCUT2D eigenvalue weighted by atomic mass is 10.2. The van der Waals surface area contributed by atoms with Crippen molar-refractivity contribution < 1.29 is 14.2 Å². The van der Waals surface area contributed by atoms with Crippen LogP contribution in [-0.2, 0) is 11.3 Å². The number of ether oxygens (including phenoxy) is 3. The van der Waals surface area contributed by atoms with Crippen molar-refractivity contribution >= 4 is 0 Å². The molecule has 0 spiro atoms. The number of nitrogens with zero attached hydrogens (tertiary/aromatic N) is 1. The van der Waals surface area contributed by atoms with Crippen LogP contribution in [0.2, 0.25) is 0 Å². The average Bonchev–Trinajstić information content (AvgIpc) is 2.99. The number of benzene rings is 1. The number of hydrogen-bond acceptors (Lipinski definition) is 5. The van der Waals surface area contributed by atoms with Crippen LogP contribution in [0.1, 0.15) is 5.69 Å². The molecule has 0 amide bonds. The molecule has 1 aromatic heterocycles. The molecule has 2 N–H and O–H groups in total. The summed E-state index contributed by atoms with van der Waals surface area (Å²) in [5.74, 6) is 2.19. The Bertz CT molecular complexity index is 569. The van der Waals surface area contributed by atoms with E-state index >= 15 is 0 Å². The Balaban J connectivity index is 2.06. The zero-order valence-corrected chi connectivity index (χ0v) is 12.6. The quantitative estimate of drug-likeness (QED) is 0.726. The number of methoxy groups -OCH3 is 3. The summed E-state index contributed by atoms with van der Waals surface area (Å²) in [6.07, 6.45) is 1.83. The summed E-state index contributed by atoms with van der Waals surface area (Å²) in [6, 6.07) is 5.72. The zero-order valence-electron chi connectivity index (χ0n) is 12.6. The first kappa shape index (κ1) is 15.3. The highest BCUT2D eigenvalue weighted by atomic mass is 16.5. The molecule has 0 saturated heterocycles. The van der Waals surface area contributed by atoms with Crippen LogP contribution in [0.3, 0.4) is 0 Å². The van der Waals surface area contributed by atoms with Crippen LogP contribution in [-0.4, -0.2) is 44.4 Å². The third kappa shape index (κ3) is 3.96. The van der Waals surface area contributed by atoms with Gasteiger partial charge in [-0.1, -0.05) is 0 Å². The molecule has 1 heterocycles. The maximum absolute atomic E-state index is 5.30. The molecule has 2 rings (SSSR count). The number of H-pyrrole nitrogens is 1. The van der Waals surface area contributed by atoms with E-state index in [9.17, 15) is 0 Å². The van der Waals surface area contributed by atoms with Gasteiger partial charge in [0.15, 0.2) is 11.5 Å². The Morgan fingerprint density at radius 2 is 1.95 bits per heavy atom. The fraction of sp³-hybridized carbons (Fsp3) is 0.400. The lowest BCUT2D eigenvalue weighted by Crippen LogP contribution is -2.18. The van der Waals surface area contributed by atoms with Gasteiger partial charge in [-0.15, -0.1) is 0 Å². The van der Waals surface area contributed by atoms with Crippen LogP contribution in [0.15, 0.2) is 24.4 Å². The highest BCUT2D eigenvalue weighted by Gasteiger charge is 2.08. The van der Waals surface area contributed by atoms with Crippen LogP contribution < -0.4 is 14.8 Å². The maximum atomic E-state index is 5.30. The Labute approximate surface area is 124 Å². The number of nitrogens with one attached hydrogen (secondary N) is 2. The highest BCUT2D eigenvalue weighted by Crippen LogP contribution is 2.31. The third-order valence-corrected chi connectivity index (χ3v) is 3.08. The minimum atomic E-state index is 0.686. The van der Waals surface area contributed by atoms with Crippen molar-refractivity contribution in [2.45, 2.75) is 6.54 Å². The lowest BCUT2D eigenvalue weighted by molar-refractivity contribution is 0.199. The van der Waals surface area contributed by atoms with Gasteiger partial charge in [0.2, 0.25) is 0 Å². The molecular formula is C15H21N3O3. The summed E-state index contributed by atoms with van der Waals surface area (Å²) >= 11 is 0. The van der Waals surface area contributed by atoms with Gasteiger partial charge in [-0.25, -0.2) is 4.98 Å². The Morgan fingerprint density at radius 3 is 2.67 bits per heavy atom. The molecule has 1 aromatic carbocycles. The molecule has 0 saturated carbocycles. The minimum absolute atomic E-state index is 0.686. The monoisotopic (exact) mass is 291 g/mol. The van der Waals surface area contributed by atoms with Crippen molar-refractivity contribution in [3.8, 4) is 22.9 Å². The van der Waals surface area contributed by atoms with E-state index in [0.29, 0.717) is 18.1 Å². The van der Waals surface area contributed by atoms with Crippen molar-refractivity contribution in [1.29, 1.82) is 0 Å². The average molecular weight is 291 g/mol. The number of rotatable bonds is 8. The second-order valence-corrected chi connectivity index (χ2v) is 4.50. The summed E-state index contributed by atoms with van der Waals surface area (Å²) < 4.78 is 15.5. The molecule has 0 radical (unpaired) electrons. The van der Waals surface area contributed by atoms with Crippen molar-refractivity contribution in [3.63, 3.8) is 0 Å². The van der Waals surface area contributed by atoms with Gasteiger partial charge in [-0.3, -0.25) is 0 Å². The molecule has 114 valence electrons. The van der Waals surface area contributed by atoms with Gasteiger partial charge in [-0.05, 0) is 18.2 Å². The number of hydrogen-bond donors (Lipinski definition) is 2. The van der Waals surface area contributed by atoms with Crippen LogP contribution >= 0.6 is 0 Å². The number of aromatic nitrogens is 2. The molecule has 0 unspecified atom stereocenters. The largest absolute Gasteiger partial charge is 0.493 e. The van der Waals surface area contributed by atoms with Crippen molar-refractivity contribution in [3.05, 3.63) is 30.1 Å². The Hall–Kier alpha value is -2.05. The van der Waals surface area contributed by atoms with Gasteiger partial charge in [0.05, 0.1) is 20.8 Å². The molecular weight excluding hydrogens is 270 g/mol. The highest BCUT2D eigenvalue weighted by molar-refractivity contribution is 5.61.